The highest BCUT2D eigenvalue weighted by Gasteiger charge is 2.12. The van der Waals surface area contributed by atoms with Crippen molar-refractivity contribution in [3.63, 3.8) is 0 Å². The van der Waals surface area contributed by atoms with Gasteiger partial charge in [-0.15, -0.1) is 22.7 Å². The molecule has 1 aromatic carbocycles. The third kappa shape index (κ3) is 4.89. The molecule has 9 heteroatoms. The van der Waals surface area contributed by atoms with E-state index in [1.165, 1.54) is 0 Å². The van der Waals surface area contributed by atoms with Crippen LogP contribution in [-0.2, 0) is 6.61 Å². The van der Waals surface area contributed by atoms with Crippen LogP contribution in [0.4, 0.5) is 5.13 Å². The summed E-state index contributed by atoms with van der Waals surface area (Å²) >= 11 is 3.12. The van der Waals surface area contributed by atoms with Gasteiger partial charge in [0.15, 0.2) is 11.1 Å². The number of pyridine rings is 1. The van der Waals surface area contributed by atoms with Gasteiger partial charge in [-0.3, -0.25) is 4.99 Å². The van der Waals surface area contributed by atoms with Gasteiger partial charge >= 0.3 is 0 Å². The van der Waals surface area contributed by atoms with Crippen molar-refractivity contribution in [1.82, 2.24) is 20.3 Å². The zero-order chi connectivity index (χ0) is 20.9. The zero-order valence-corrected chi connectivity index (χ0v) is 18.2. The number of benzene rings is 1. The number of rotatable bonds is 6. The number of aliphatic imine (C=N–C) groups is 1. The Morgan fingerprint density at radius 2 is 1.87 bits per heavy atom. The van der Waals surface area contributed by atoms with Crippen molar-refractivity contribution < 1.29 is 4.74 Å². The molecule has 156 valence electrons. The molecule has 0 amide bonds. The third-order valence-electron chi connectivity index (χ3n) is 4.61. The Kier molecular flexibility index (Phi) is 5.85. The van der Waals surface area contributed by atoms with Crippen LogP contribution in [0.25, 0.3) is 22.0 Å². The first-order valence-corrected chi connectivity index (χ1v) is 11.7. The highest BCUT2D eigenvalue weighted by molar-refractivity contribution is 7.14. The van der Waals surface area contributed by atoms with E-state index in [0.29, 0.717) is 12.5 Å². The standard InChI is InChI=1S/C22H20N6OS2/c1-2-5-15(6-3-1)12-29-19-8-7-16(11-25-19)20-26-17(13-30-20)18-14-31-22(27-18)28-21-23-9-4-10-24-21/h1-3,5-8,11,13-14H,4,9-10,12H2,(H2,23,24,27,28). The number of nitrogens with zero attached hydrogens (tertiary/aromatic N) is 4. The van der Waals surface area contributed by atoms with Crippen LogP contribution >= 0.6 is 22.7 Å². The van der Waals surface area contributed by atoms with Crippen LogP contribution in [0.3, 0.4) is 0 Å². The fourth-order valence-electron chi connectivity index (χ4n) is 3.01. The van der Waals surface area contributed by atoms with Crippen molar-refractivity contribution in [2.45, 2.75) is 13.0 Å². The fraction of sp³-hybridized carbons (Fsp3) is 0.182. The van der Waals surface area contributed by atoms with Gasteiger partial charge < -0.3 is 15.4 Å². The van der Waals surface area contributed by atoms with Crippen molar-refractivity contribution in [1.29, 1.82) is 0 Å². The number of hydrogen-bond donors (Lipinski definition) is 2. The Bertz CT molecular complexity index is 1170. The average molecular weight is 449 g/mol. The van der Waals surface area contributed by atoms with Crippen LogP contribution in [0, 0.1) is 0 Å². The minimum absolute atomic E-state index is 0.497. The molecule has 4 aromatic rings. The minimum atomic E-state index is 0.497. The van der Waals surface area contributed by atoms with Crippen LogP contribution < -0.4 is 15.4 Å². The monoisotopic (exact) mass is 448 g/mol. The van der Waals surface area contributed by atoms with Crippen molar-refractivity contribution in [3.8, 4) is 27.8 Å². The predicted molar refractivity (Wildman–Crippen MR) is 126 cm³/mol. The summed E-state index contributed by atoms with van der Waals surface area (Å²) in [7, 11) is 0. The Morgan fingerprint density at radius 3 is 2.68 bits per heavy atom. The largest absolute Gasteiger partial charge is 0.473 e. The Hall–Kier alpha value is -3.30. The smallest absolute Gasteiger partial charge is 0.213 e. The number of nitrogens with one attached hydrogen (secondary N) is 2. The van der Waals surface area contributed by atoms with E-state index in [2.05, 4.69) is 25.6 Å². The summed E-state index contributed by atoms with van der Waals surface area (Å²) in [5.74, 6) is 1.38. The number of hydrogen-bond acceptors (Lipinski definition) is 9. The first-order chi connectivity index (χ1) is 15.3. The van der Waals surface area contributed by atoms with Crippen LogP contribution in [0.2, 0.25) is 0 Å². The lowest BCUT2D eigenvalue weighted by Crippen LogP contribution is -2.35. The van der Waals surface area contributed by atoms with Gasteiger partial charge in [-0.1, -0.05) is 30.3 Å². The molecule has 0 aliphatic carbocycles. The van der Waals surface area contributed by atoms with Crippen LogP contribution in [0.15, 0.2) is 64.4 Å². The Morgan fingerprint density at radius 1 is 1.00 bits per heavy atom. The van der Waals surface area contributed by atoms with E-state index in [9.17, 15) is 0 Å². The Balaban J connectivity index is 1.23. The van der Waals surface area contributed by atoms with Crippen LogP contribution in [0.5, 0.6) is 5.88 Å². The van der Waals surface area contributed by atoms with E-state index >= 15 is 0 Å². The molecule has 0 atom stereocenters. The van der Waals surface area contributed by atoms with E-state index in [1.807, 2.05) is 53.2 Å². The molecule has 1 aliphatic heterocycles. The first-order valence-electron chi connectivity index (χ1n) is 9.93. The van der Waals surface area contributed by atoms with Gasteiger partial charge in [0.25, 0.3) is 0 Å². The molecule has 0 bridgehead atoms. The van der Waals surface area contributed by atoms with Gasteiger partial charge in [0, 0.05) is 41.7 Å². The Labute approximate surface area is 187 Å². The summed E-state index contributed by atoms with van der Waals surface area (Å²) in [6.45, 7) is 2.27. The first kappa shape index (κ1) is 19.7. The van der Waals surface area contributed by atoms with Gasteiger partial charge in [0.05, 0.1) is 0 Å². The molecule has 0 saturated heterocycles. The van der Waals surface area contributed by atoms with Crippen LogP contribution in [0.1, 0.15) is 12.0 Å². The number of anilines is 1. The molecule has 31 heavy (non-hydrogen) atoms. The maximum Gasteiger partial charge on any atom is 0.213 e. The molecule has 0 radical (unpaired) electrons. The molecular formula is C22H20N6OS2. The lowest BCUT2D eigenvalue weighted by Gasteiger charge is -2.13. The van der Waals surface area contributed by atoms with Gasteiger partial charge in [0.1, 0.15) is 23.0 Å². The number of guanidine groups is 1. The van der Waals surface area contributed by atoms with Gasteiger partial charge in [-0.2, -0.15) is 0 Å². The van der Waals surface area contributed by atoms with Crippen molar-refractivity contribution in [2.24, 2.45) is 4.99 Å². The highest BCUT2D eigenvalue weighted by Crippen LogP contribution is 2.31. The molecule has 2 N–H and O–H groups in total. The fourth-order valence-corrected chi connectivity index (χ4v) is 4.52. The molecule has 7 nitrogen and oxygen atoms in total. The van der Waals surface area contributed by atoms with E-state index in [4.69, 9.17) is 9.72 Å². The third-order valence-corrected chi connectivity index (χ3v) is 6.26. The minimum Gasteiger partial charge on any atom is -0.473 e. The summed E-state index contributed by atoms with van der Waals surface area (Å²) in [6.07, 6.45) is 2.86. The number of ether oxygens (including phenoxy) is 1. The summed E-state index contributed by atoms with van der Waals surface area (Å²) in [6, 6.07) is 13.9. The summed E-state index contributed by atoms with van der Waals surface area (Å²) in [4.78, 5) is 18.2. The topological polar surface area (TPSA) is 84.3 Å². The van der Waals surface area contributed by atoms with E-state index in [0.717, 1.165) is 58.1 Å². The van der Waals surface area contributed by atoms with Crippen molar-refractivity contribution >= 4 is 33.8 Å². The molecule has 4 heterocycles. The maximum atomic E-state index is 5.76. The molecule has 3 aromatic heterocycles. The number of thiazole rings is 2. The predicted octanol–water partition coefficient (Wildman–Crippen LogP) is 4.67. The summed E-state index contributed by atoms with van der Waals surface area (Å²) in [5, 5.41) is 12.2. The molecule has 0 saturated carbocycles. The second kappa shape index (κ2) is 9.23. The lowest BCUT2D eigenvalue weighted by atomic mass is 10.2. The molecule has 0 spiro atoms. The SMILES string of the molecule is c1ccc(COc2ccc(-c3nc(-c4csc(NC5=NCCCN5)n4)cs3)cn2)cc1. The average Bonchev–Trinajstić information content (AvgIpc) is 3.49. The molecule has 5 rings (SSSR count). The van der Waals surface area contributed by atoms with Crippen molar-refractivity contribution in [2.75, 3.05) is 18.4 Å². The van der Waals surface area contributed by atoms with Gasteiger partial charge in [-0.05, 0) is 18.1 Å². The molecular weight excluding hydrogens is 428 g/mol. The van der Waals surface area contributed by atoms with Gasteiger partial charge in [0.2, 0.25) is 5.88 Å². The summed E-state index contributed by atoms with van der Waals surface area (Å²) < 4.78 is 5.76. The van der Waals surface area contributed by atoms with Crippen molar-refractivity contribution in [3.05, 3.63) is 65.0 Å². The second-order valence-electron chi connectivity index (χ2n) is 6.87. The van der Waals surface area contributed by atoms with E-state index < -0.39 is 0 Å². The van der Waals surface area contributed by atoms with E-state index in [1.54, 1.807) is 28.9 Å². The quantitative estimate of drug-likeness (QED) is 0.446. The lowest BCUT2D eigenvalue weighted by molar-refractivity contribution is 0.294. The number of aromatic nitrogens is 3. The second-order valence-corrected chi connectivity index (χ2v) is 8.59. The highest BCUT2D eigenvalue weighted by atomic mass is 32.1. The molecule has 1 aliphatic rings. The molecule has 0 fully saturated rings. The zero-order valence-electron chi connectivity index (χ0n) is 16.6. The van der Waals surface area contributed by atoms with Crippen LogP contribution in [-0.4, -0.2) is 34.0 Å². The maximum absolute atomic E-state index is 5.76. The molecule has 0 unspecified atom stereocenters. The summed E-state index contributed by atoms with van der Waals surface area (Å²) in [5.41, 5.74) is 3.77. The van der Waals surface area contributed by atoms with E-state index in [-0.39, 0.29) is 0 Å². The van der Waals surface area contributed by atoms with Gasteiger partial charge in [-0.25, -0.2) is 15.0 Å². The normalized spacial score (nSPS) is 13.4.